The second-order valence-electron chi connectivity index (χ2n) is 5.37. The number of amides is 2. The van der Waals surface area contributed by atoms with Crippen LogP contribution in [-0.2, 0) is 9.59 Å². The molecule has 0 spiro atoms. The molecule has 2 aromatic rings. The van der Waals surface area contributed by atoms with Gasteiger partial charge < -0.3 is 10.2 Å². The van der Waals surface area contributed by atoms with Crippen molar-refractivity contribution < 1.29 is 9.59 Å². The molecule has 0 radical (unpaired) electrons. The highest BCUT2D eigenvalue weighted by Crippen LogP contribution is 2.37. The third-order valence-electron chi connectivity index (χ3n) is 3.82. The molecule has 3 rings (SSSR count). The zero-order valence-corrected chi connectivity index (χ0v) is 13.1. The Morgan fingerprint density at radius 3 is 2.95 bits per heavy atom. The standard InChI is InChI=1S/C15H16N4O2S/c1-9-6-12(22-18-9)17-15(21)11-7-13(20)19(2)14(11)10-4-3-5-16-8-10/h3-6,8,11,14H,7H2,1-2H3,(H,17,21)/t11-,14-/m1/s1. The van der Waals surface area contributed by atoms with E-state index in [1.807, 2.05) is 25.1 Å². The van der Waals surface area contributed by atoms with Gasteiger partial charge in [-0.05, 0) is 36.2 Å². The first-order valence-corrected chi connectivity index (χ1v) is 7.73. The molecule has 0 aromatic carbocycles. The number of nitrogens with zero attached hydrogens (tertiary/aromatic N) is 3. The molecule has 0 unspecified atom stereocenters. The monoisotopic (exact) mass is 316 g/mol. The molecule has 2 atom stereocenters. The van der Waals surface area contributed by atoms with Crippen molar-refractivity contribution in [3.05, 3.63) is 41.9 Å². The summed E-state index contributed by atoms with van der Waals surface area (Å²) in [5.41, 5.74) is 1.74. The first-order valence-electron chi connectivity index (χ1n) is 6.96. The second-order valence-corrected chi connectivity index (χ2v) is 6.17. The summed E-state index contributed by atoms with van der Waals surface area (Å²) in [6.45, 7) is 1.87. The van der Waals surface area contributed by atoms with E-state index < -0.39 is 5.92 Å². The normalized spacial score (nSPS) is 21.2. The van der Waals surface area contributed by atoms with Crippen LogP contribution in [-0.4, -0.2) is 33.1 Å². The fourth-order valence-corrected chi connectivity index (χ4v) is 3.41. The van der Waals surface area contributed by atoms with E-state index in [2.05, 4.69) is 14.7 Å². The molecule has 2 amide bonds. The number of carbonyl (C=O) groups is 2. The van der Waals surface area contributed by atoms with Crippen LogP contribution in [0.25, 0.3) is 0 Å². The molecule has 7 heteroatoms. The van der Waals surface area contributed by atoms with Gasteiger partial charge in [0, 0.05) is 25.9 Å². The van der Waals surface area contributed by atoms with Gasteiger partial charge >= 0.3 is 0 Å². The maximum absolute atomic E-state index is 12.6. The topological polar surface area (TPSA) is 75.2 Å². The van der Waals surface area contributed by atoms with E-state index >= 15 is 0 Å². The Labute approximate surface area is 132 Å². The van der Waals surface area contributed by atoms with Crippen LogP contribution in [0.1, 0.15) is 23.7 Å². The molecule has 0 aliphatic carbocycles. The largest absolute Gasteiger partial charge is 0.338 e. The minimum atomic E-state index is -0.427. The molecule has 1 saturated heterocycles. The molecule has 1 aliphatic rings. The van der Waals surface area contributed by atoms with Crippen molar-refractivity contribution in [1.82, 2.24) is 14.3 Å². The first kappa shape index (κ1) is 14.6. The van der Waals surface area contributed by atoms with Crippen LogP contribution in [0.3, 0.4) is 0 Å². The minimum Gasteiger partial charge on any atom is -0.338 e. The van der Waals surface area contributed by atoms with Crippen LogP contribution in [0.2, 0.25) is 0 Å². The fourth-order valence-electron chi connectivity index (χ4n) is 2.75. The number of aryl methyl sites for hydroxylation is 1. The Balaban J connectivity index is 1.84. The van der Waals surface area contributed by atoms with E-state index in [1.165, 1.54) is 11.5 Å². The highest BCUT2D eigenvalue weighted by Gasteiger charge is 2.42. The van der Waals surface area contributed by atoms with Gasteiger partial charge in [0.1, 0.15) is 5.00 Å². The molecule has 22 heavy (non-hydrogen) atoms. The smallest absolute Gasteiger partial charge is 0.231 e. The zero-order valence-electron chi connectivity index (χ0n) is 12.3. The maximum atomic E-state index is 12.6. The van der Waals surface area contributed by atoms with E-state index in [0.29, 0.717) is 5.00 Å². The molecular formula is C15H16N4O2S. The number of aromatic nitrogens is 2. The highest BCUT2D eigenvalue weighted by atomic mass is 32.1. The molecule has 3 heterocycles. The molecule has 2 aromatic heterocycles. The lowest BCUT2D eigenvalue weighted by Crippen LogP contribution is -2.29. The molecular weight excluding hydrogens is 300 g/mol. The lowest BCUT2D eigenvalue weighted by molar-refractivity contribution is -0.127. The molecule has 6 nitrogen and oxygen atoms in total. The van der Waals surface area contributed by atoms with E-state index in [-0.39, 0.29) is 24.3 Å². The number of pyridine rings is 1. The summed E-state index contributed by atoms with van der Waals surface area (Å²) in [4.78, 5) is 30.3. The first-order chi connectivity index (χ1) is 10.6. The van der Waals surface area contributed by atoms with Gasteiger partial charge in [0.15, 0.2) is 0 Å². The average molecular weight is 316 g/mol. The van der Waals surface area contributed by atoms with Crippen LogP contribution >= 0.6 is 11.5 Å². The quantitative estimate of drug-likeness (QED) is 0.940. The van der Waals surface area contributed by atoms with Crippen molar-refractivity contribution in [3.63, 3.8) is 0 Å². The predicted octanol–water partition coefficient (Wildman–Crippen LogP) is 2.00. The van der Waals surface area contributed by atoms with Crippen LogP contribution in [0.5, 0.6) is 0 Å². The van der Waals surface area contributed by atoms with Crippen LogP contribution in [0.15, 0.2) is 30.6 Å². The molecule has 1 N–H and O–H groups in total. The molecule has 1 fully saturated rings. The minimum absolute atomic E-state index is 0.0329. The number of anilines is 1. The summed E-state index contributed by atoms with van der Waals surface area (Å²) in [5, 5.41) is 3.57. The second kappa shape index (κ2) is 5.84. The van der Waals surface area contributed by atoms with Crippen LogP contribution in [0.4, 0.5) is 5.00 Å². The van der Waals surface area contributed by atoms with Gasteiger partial charge in [-0.3, -0.25) is 14.6 Å². The summed E-state index contributed by atoms with van der Waals surface area (Å²) in [7, 11) is 1.73. The van der Waals surface area contributed by atoms with Gasteiger partial charge in [-0.1, -0.05) is 6.07 Å². The summed E-state index contributed by atoms with van der Waals surface area (Å²) < 4.78 is 4.14. The molecule has 0 saturated carbocycles. The zero-order chi connectivity index (χ0) is 15.7. The van der Waals surface area contributed by atoms with Crippen molar-refractivity contribution >= 4 is 28.3 Å². The van der Waals surface area contributed by atoms with Crippen molar-refractivity contribution in [2.75, 3.05) is 12.4 Å². The highest BCUT2D eigenvalue weighted by molar-refractivity contribution is 7.10. The number of nitrogens with one attached hydrogen (secondary N) is 1. The number of rotatable bonds is 3. The SMILES string of the molecule is Cc1cc(NC(=O)[C@@H]2CC(=O)N(C)[C@@H]2c2cccnc2)sn1. The van der Waals surface area contributed by atoms with Gasteiger partial charge in [-0.25, -0.2) is 0 Å². The molecule has 0 bridgehead atoms. The van der Waals surface area contributed by atoms with Gasteiger partial charge in [0.05, 0.1) is 17.7 Å². The lowest BCUT2D eigenvalue weighted by atomic mass is 9.94. The molecule has 114 valence electrons. The van der Waals surface area contributed by atoms with Crippen molar-refractivity contribution in [3.8, 4) is 0 Å². The van der Waals surface area contributed by atoms with Crippen molar-refractivity contribution in [2.45, 2.75) is 19.4 Å². The number of hydrogen-bond donors (Lipinski definition) is 1. The van der Waals surface area contributed by atoms with E-state index in [4.69, 9.17) is 0 Å². The lowest BCUT2D eigenvalue weighted by Gasteiger charge is -2.24. The number of likely N-dealkylation sites (tertiary alicyclic amines) is 1. The fraction of sp³-hybridized carbons (Fsp3) is 0.333. The third kappa shape index (κ3) is 2.71. The Hall–Kier alpha value is -2.28. The predicted molar refractivity (Wildman–Crippen MR) is 83.3 cm³/mol. The summed E-state index contributed by atoms with van der Waals surface area (Å²) in [6, 6.07) is 5.25. The van der Waals surface area contributed by atoms with Crippen LogP contribution < -0.4 is 5.32 Å². The van der Waals surface area contributed by atoms with Crippen molar-refractivity contribution in [2.24, 2.45) is 5.92 Å². The summed E-state index contributed by atoms with van der Waals surface area (Å²) >= 11 is 1.24. The average Bonchev–Trinajstić information content (AvgIpc) is 3.04. The van der Waals surface area contributed by atoms with E-state index in [9.17, 15) is 9.59 Å². The Bertz CT molecular complexity index is 701. The number of carbonyl (C=O) groups excluding carboxylic acids is 2. The Kier molecular flexibility index (Phi) is 3.89. The summed E-state index contributed by atoms with van der Waals surface area (Å²) in [5.74, 6) is -0.617. The van der Waals surface area contributed by atoms with Crippen molar-refractivity contribution in [1.29, 1.82) is 0 Å². The molecule has 1 aliphatic heterocycles. The summed E-state index contributed by atoms with van der Waals surface area (Å²) in [6.07, 6.45) is 3.59. The Morgan fingerprint density at radius 1 is 1.50 bits per heavy atom. The van der Waals surface area contributed by atoms with Gasteiger partial charge in [0.2, 0.25) is 11.8 Å². The maximum Gasteiger partial charge on any atom is 0.231 e. The van der Waals surface area contributed by atoms with Gasteiger partial charge in [-0.2, -0.15) is 4.37 Å². The van der Waals surface area contributed by atoms with Gasteiger partial charge in [-0.15, -0.1) is 0 Å². The Morgan fingerprint density at radius 2 is 2.32 bits per heavy atom. The van der Waals surface area contributed by atoms with Crippen LogP contribution in [0, 0.1) is 12.8 Å². The number of hydrogen-bond acceptors (Lipinski definition) is 5. The van der Waals surface area contributed by atoms with Gasteiger partial charge in [0.25, 0.3) is 0 Å². The van der Waals surface area contributed by atoms with E-state index in [0.717, 1.165) is 11.3 Å². The van der Waals surface area contributed by atoms with E-state index in [1.54, 1.807) is 24.3 Å². The third-order valence-corrected chi connectivity index (χ3v) is 4.62.